The quantitative estimate of drug-likeness (QED) is 0.756. The van der Waals surface area contributed by atoms with Crippen molar-refractivity contribution in [2.24, 2.45) is 5.73 Å². The van der Waals surface area contributed by atoms with Gasteiger partial charge < -0.3 is 5.73 Å². The minimum atomic E-state index is -2.98. The molecular weight excluding hydrogens is 212 g/mol. The molecule has 1 unspecified atom stereocenters. The molecule has 1 aliphatic heterocycles. The van der Waals surface area contributed by atoms with Gasteiger partial charge in [0.15, 0.2) is 9.84 Å². The van der Waals surface area contributed by atoms with Crippen LogP contribution in [0.25, 0.3) is 0 Å². The maximum absolute atomic E-state index is 11.8. The van der Waals surface area contributed by atoms with Crippen LogP contribution in [-0.2, 0) is 9.84 Å². The summed E-state index contributed by atoms with van der Waals surface area (Å²) < 4.78 is 23.0. The first kappa shape index (κ1) is 12.9. The molecule has 0 saturated carbocycles. The Morgan fingerprint density at radius 2 is 2.00 bits per heavy atom. The third-order valence-electron chi connectivity index (χ3n) is 3.12. The summed E-state index contributed by atoms with van der Waals surface area (Å²) >= 11 is 0. The average Bonchev–Trinajstić information content (AvgIpc) is 2.00. The van der Waals surface area contributed by atoms with Crippen molar-refractivity contribution >= 4 is 9.84 Å². The highest BCUT2D eigenvalue weighted by Crippen LogP contribution is 2.19. The van der Waals surface area contributed by atoms with E-state index in [1.165, 1.54) is 0 Å². The second kappa shape index (κ2) is 4.39. The van der Waals surface area contributed by atoms with Gasteiger partial charge in [-0.2, -0.15) is 0 Å². The molecular formula is C10H22N2O2S. The number of likely N-dealkylation sites (tertiary alicyclic amines) is 1. The largest absolute Gasteiger partial charge is 0.329 e. The Labute approximate surface area is 92.7 Å². The molecule has 2 N–H and O–H groups in total. The van der Waals surface area contributed by atoms with Crippen LogP contribution in [0.3, 0.4) is 0 Å². The van der Waals surface area contributed by atoms with E-state index in [-0.39, 0.29) is 5.75 Å². The fourth-order valence-electron chi connectivity index (χ4n) is 1.60. The van der Waals surface area contributed by atoms with E-state index in [4.69, 9.17) is 5.73 Å². The summed E-state index contributed by atoms with van der Waals surface area (Å²) in [6.07, 6.45) is 1.10. The Hall–Kier alpha value is -0.130. The Morgan fingerprint density at radius 1 is 1.40 bits per heavy atom. The molecule has 0 radical (unpaired) electrons. The van der Waals surface area contributed by atoms with E-state index < -0.39 is 14.6 Å². The van der Waals surface area contributed by atoms with E-state index in [2.05, 4.69) is 4.90 Å². The van der Waals surface area contributed by atoms with Crippen LogP contribution >= 0.6 is 0 Å². The van der Waals surface area contributed by atoms with Crippen molar-refractivity contribution in [3.63, 3.8) is 0 Å². The lowest BCUT2D eigenvalue weighted by Crippen LogP contribution is -2.53. The van der Waals surface area contributed by atoms with Crippen molar-refractivity contribution in [3.05, 3.63) is 0 Å². The predicted molar refractivity (Wildman–Crippen MR) is 62.6 cm³/mol. The number of hydrogen-bond acceptors (Lipinski definition) is 4. The Morgan fingerprint density at radius 3 is 2.33 bits per heavy atom. The smallest absolute Gasteiger partial charge is 0.156 e. The van der Waals surface area contributed by atoms with Crippen molar-refractivity contribution in [3.8, 4) is 0 Å². The van der Waals surface area contributed by atoms with Gasteiger partial charge in [0.05, 0.1) is 10.5 Å². The molecule has 0 spiro atoms. The van der Waals surface area contributed by atoms with Gasteiger partial charge in [-0.1, -0.05) is 0 Å². The molecule has 1 rings (SSSR count). The molecule has 0 aliphatic carbocycles. The summed E-state index contributed by atoms with van der Waals surface area (Å²) in [6, 6.07) is 0.403. The number of nitrogens with two attached hydrogens (primary N) is 1. The average molecular weight is 234 g/mol. The van der Waals surface area contributed by atoms with E-state index in [1.54, 1.807) is 20.8 Å². The van der Waals surface area contributed by atoms with Crippen molar-refractivity contribution in [1.29, 1.82) is 0 Å². The van der Waals surface area contributed by atoms with Gasteiger partial charge in [0.1, 0.15) is 0 Å². The topological polar surface area (TPSA) is 63.4 Å². The second-order valence-electron chi connectivity index (χ2n) is 5.15. The lowest BCUT2D eigenvalue weighted by atomic mass is 10.0. The van der Waals surface area contributed by atoms with Crippen LogP contribution in [0.5, 0.6) is 0 Å². The zero-order valence-electron chi connectivity index (χ0n) is 9.86. The Kier molecular flexibility index (Phi) is 3.79. The predicted octanol–water partition coefficient (Wildman–Crippen LogP) is 0.233. The minimum absolute atomic E-state index is 0.243. The van der Waals surface area contributed by atoms with Gasteiger partial charge in [0.2, 0.25) is 0 Å². The summed E-state index contributed by atoms with van der Waals surface area (Å²) in [5, 5.41) is 0. The molecule has 0 aromatic heterocycles. The first-order valence-corrected chi connectivity index (χ1v) is 7.09. The molecule has 1 heterocycles. The van der Waals surface area contributed by atoms with E-state index in [1.807, 2.05) is 0 Å². The first-order valence-electron chi connectivity index (χ1n) is 5.44. The summed E-state index contributed by atoms with van der Waals surface area (Å²) in [5.41, 5.74) is 5.56. The third-order valence-corrected chi connectivity index (χ3v) is 5.70. The van der Waals surface area contributed by atoms with E-state index in [0.717, 1.165) is 13.0 Å². The van der Waals surface area contributed by atoms with Gasteiger partial charge in [-0.05, 0) is 27.2 Å². The summed E-state index contributed by atoms with van der Waals surface area (Å²) in [5.74, 6) is 0.243. The molecule has 15 heavy (non-hydrogen) atoms. The van der Waals surface area contributed by atoms with Crippen LogP contribution < -0.4 is 5.73 Å². The van der Waals surface area contributed by atoms with Crippen LogP contribution in [0.15, 0.2) is 0 Å². The Balaban J connectivity index is 2.44. The van der Waals surface area contributed by atoms with Crippen LogP contribution in [-0.4, -0.2) is 49.5 Å². The van der Waals surface area contributed by atoms with Crippen molar-refractivity contribution in [2.45, 2.75) is 38.0 Å². The molecule has 90 valence electrons. The molecule has 5 heteroatoms. The highest BCUT2D eigenvalue weighted by Gasteiger charge is 2.32. The second-order valence-corrected chi connectivity index (χ2v) is 8.01. The summed E-state index contributed by atoms with van der Waals surface area (Å²) in [6.45, 7) is 7.50. The lowest BCUT2D eigenvalue weighted by molar-refractivity contribution is 0.105. The SMILES string of the molecule is CC(C)(C)S(=O)(=O)CCN1CCC1CN. The van der Waals surface area contributed by atoms with Crippen LogP contribution in [0.4, 0.5) is 0 Å². The lowest BCUT2D eigenvalue weighted by Gasteiger charge is -2.40. The maximum Gasteiger partial charge on any atom is 0.156 e. The fraction of sp³-hybridized carbons (Fsp3) is 1.00. The van der Waals surface area contributed by atoms with E-state index in [9.17, 15) is 8.42 Å². The minimum Gasteiger partial charge on any atom is -0.329 e. The standard InChI is InChI=1S/C10H22N2O2S/c1-10(2,3)15(13,14)7-6-12-5-4-9(12)8-11/h9H,4-8,11H2,1-3H3. The van der Waals surface area contributed by atoms with Crippen molar-refractivity contribution in [2.75, 3.05) is 25.4 Å². The van der Waals surface area contributed by atoms with Crippen LogP contribution in [0.2, 0.25) is 0 Å². The molecule has 0 bridgehead atoms. The molecule has 1 saturated heterocycles. The molecule has 0 aromatic carbocycles. The Bertz CT molecular complexity index is 304. The van der Waals surface area contributed by atoms with Crippen molar-refractivity contribution < 1.29 is 8.42 Å². The molecule has 1 aliphatic rings. The number of hydrogen-bond donors (Lipinski definition) is 1. The van der Waals surface area contributed by atoms with Gasteiger partial charge in [0.25, 0.3) is 0 Å². The van der Waals surface area contributed by atoms with Crippen LogP contribution in [0, 0.1) is 0 Å². The normalized spacial score (nSPS) is 23.9. The van der Waals surface area contributed by atoms with Gasteiger partial charge in [0, 0.05) is 25.7 Å². The number of nitrogens with zero attached hydrogens (tertiary/aromatic N) is 1. The zero-order valence-corrected chi connectivity index (χ0v) is 10.7. The van der Waals surface area contributed by atoms with E-state index >= 15 is 0 Å². The summed E-state index contributed by atoms with van der Waals surface area (Å²) in [7, 11) is -2.98. The van der Waals surface area contributed by atoms with E-state index in [0.29, 0.717) is 19.1 Å². The number of rotatable bonds is 4. The molecule has 1 atom stereocenters. The van der Waals surface area contributed by atoms with Gasteiger partial charge in [-0.25, -0.2) is 8.42 Å². The molecule has 1 fully saturated rings. The zero-order chi connectivity index (χ0) is 11.7. The molecule has 0 aromatic rings. The monoisotopic (exact) mass is 234 g/mol. The molecule has 4 nitrogen and oxygen atoms in total. The first-order chi connectivity index (χ1) is 6.78. The van der Waals surface area contributed by atoms with Gasteiger partial charge >= 0.3 is 0 Å². The summed E-state index contributed by atoms with van der Waals surface area (Å²) in [4.78, 5) is 2.16. The van der Waals surface area contributed by atoms with Crippen LogP contribution in [0.1, 0.15) is 27.2 Å². The third kappa shape index (κ3) is 2.92. The van der Waals surface area contributed by atoms with Gasteiger partial charge in [-0.15, -0.1) is 0 Å². The highest BCUT2D eigenvalue weighted by atomic mass is 32.2. The van der Waals surface area contributed by atoms with Crippen molar-refractivity contribution in [1.82, 2.24) is 4.90 Å². The molecule has 0 amide bonds. The fourth-order valence-corrected chi connectivity index (χ4v) is 2.69. The van der Waals surface area contributed by atoms with Gasteiger partial charge in [-0.3, -0.25) is 4.90 Å². The highest BCUT2D eigenvalue weighted by molar-refractivity contribution is 7.92. The number of sulfone groups is 1. The maximum atomic E-state index is 11.8.